The van der Waals surface area contributed by atoms with E-state index in [0.29, 0.717) is 21.4 Å². The minimum Gasteiger partial charge on any atom is -0.335 e. The van der Waals surface area contributed by atoms with Gasteiger partial charge in [0, 0.05) is 11.6 Å². The van der Waals surface area contributed by atoms with Crippen molar-refractivity contribution in [3.63, 3.8) is 0 Å². The molecule has 0 atom stereocenters. The van der Waals surface area contributed by atoms with Crippen molar-refractivity contribution in [1.82, 2.24) is 10.3 Å². The SMILES string of the molecule is Cc1cccc(Cl)c1NC(=O)c1ccc2nc(NC(=O)NC3CCCC3)sc2c1. The third-order valence-electron chi connectivity index (χ3n) is 5.02. The summed E-state index contributed by atoms with van der Waals surface area (Å²) in [6.07, 6.45) is 4.36. The predicted molar refractivity (Wildman–Crippen MR) is 118 cm³/mol. The normalized spacial score (nSPS) is 14.1. The molecule has 1 saturated carbocycles. The van der Waals surface area contributed by atoms with Crippen LogP contribution in [-0.2, 0) is 0 Å². The first-order valence-corrected chi connectivity index (χ1v) is 10.7. The molecule has 1 heterocycles. The quantitative estimate of drug-likeness (QED) is 0.507. The van der Waals surface area contributed by atoms with E-state index in [-0.39, 0.29) is 18.0 Å². The molecule has 0 unspecified atom stereocenters. The summed E-state index contributed by atoms with van der Waals surface area (Å²) in [5.41, 5.74) is 2.73. The van der Waals surface area contributed by atoms with Crippen LogP contribution in [0.25, 0.3) is 10.2 Å². The number of aromatic nitrogens is 1. The second-order valence-corrected chi connectivity index (χ2v) is 8.61. The Bertz CT molecular complexity index is 1060. The first kappa shape index (κ1) is 19.7. The van der Waals surface area contributed by atoms with Crippen molar-refractivity contribution in [3.8, 4) is 0 Å². The van der Waals surface area contributed by atoms with Crippen molar-refractivity contribution in [3.05, 3.63) is 52.5 Å². The summed E-state index contributed by atoms with van der Waals surface area (Å²) >= 11 is 7.54. The van der Waals surface area contributed by atoms with Crippen LogP contribution in [0.5, 0.6) is 0 Å². The van der Waals surface area contributed by atoms with E-state index in [0.717, 1.165) is 41.5 Å². The third-order valence-corrected chi connectivity index (χ3v) is 6.27. The summed E-state index contributed by atoms with van der Waals surface area (Å²) in [4.78, 5) is 29.3. The molecule has 1 aliphatic rings. The van der Waals surface area contributed by atoms with Gasteiger partial charge in [0.25, 0.3) is 5.91 Å². The van der Waals surface area contributed by atoms with Crippen molar-refractivity contribution >= 4 is 55.9 Å². The highest BCUT2D eigenvalue weighted by molar-refractivity contribution is 7.22. The lowest BCUT2D eigenvalue weighted by atomic mass is 10.1. The highest BCUT2D eigenvalue weighted by atomic mass is 35.5. The zero-order valence-corrected chi connectivity index (χ0v) is 17.5. The number of benzene rings is 2. The van der Waals surface area contributed by atoms with Crippen LogP contribution < -0.4 is 16.0 Å². The van der Waals surface area contributed by atoms with Crippen LogP contribution >= 0.6 is 22.9 Å². The number of amides is 3. The van der Waals surface area contributed by atoms with Crippen molar-refractivity contribution in [1.29, 1.82) is 0 Å². The Morgan fingerprint density at radius 2 is 1.93 bits per heavy atom. The first-order chi connectivity index (χ1) is 14.0. The number of urea groups is 1. The van der Waals surface area contributed by atoms with Gasteiger partial charge in [0.2, 0.25) is 0 Å². The highest BCUT2D eigenvalue weighted by Crippen LogP contribution is 2.29. The monoisotopic (exact) mass is 428 g/mol. The number of hydrogen-bond donors (Lipinski definition) is 3. The summed E-state index contributed by atoms with van der Waals surface area (Å²) in [6, 6.07) is 10.7. The van der Waals surface area contributed by atoms with E-state index in [1.807, 2.05) is 19.1 Å². The van der Waals surface area contributed by atoms with Gasteiger partial charge >= 0.3 is 6.03 Å². The molecule has 0 aliphatic heterocycles. The van der Waals surface area contributed by atoms with E-state index in [9.17, 15) is 9.59 Å². The number of hydrogen-bond acceptors (Lipinski definition) is 4. The molecule has 0 radical (unpaired) electrons. The van der Waals surface area contributed by atoms with Gasteiger partial charge in [0.1, 0.15) is 0 Å². The fourth-order valence-electron chi connectivity index (χ4n) is 3.48. The Hall–Kier alpha value is -2.64. The maximum Gasteiger partial charge on any atom is 0.321 e. The number of halogens is 1. The van der Waals surface area contributed by atoms with Crippen molar-refractivity contribution < 1.29 is 9.59 Å². The number of para-hydroxylation sites is 1. The number of anilines is 2. The smallest absolute Gasteiger partial charge is 0.321 e. The average molecular weight is 429 g/mol. The Morgan fingerprint density at radius 3 is 2.69 bits per heavy atom. The standard InChI is InChI=1S/C21H21ClN4O2S/c1-12-5-4-8-15(22)18(12)25-19(27)13-9-10-16-17(11-13)29-21(24-16)26-20(28)23-14-6-2-3-7-14/h4-5,8-11,14H,2-3,6-7H2,1H3,(H,25,27)(H2,23,24,26,28). The molecule has 1 aromatic heterocycles. The molecule has 6 nitrogen and oxygen atoms in total. The van der Waals surface area contributed by atoms with Crippen molar-refractivity contribution in [2.45, 2.75) is 38.6 Å². The van der Waals surface area contributed by atoms with Gasteiger partial charge in [-0.3, -0.25) is 10.1 Å². The molecule has 2 aromatic carbocycles. The number of aryl methyl sites for hydroxylation is 1. The van der Waals surface area contributed by atoms with Crippen molar-refractivity contribution in [2.24, 2.45) is 0 Å². The summed E-state index contributed by atoms with van der Waals surface area (Å²) < 4.78 is 0.824. The molecule has 29 heavy (non-hydrogen) atoms. The van der Waals surface area contributed by atoms with Gasteiger partial charge in [-0.1, -0.05) is 47.9 Å². The lowest BCUT2D eigenvalue weighted by Gasteiger charge is -2.11. The van der Waals surface area contributed by atoms with E-state index >= 15 is 0 Å². The van der Waals surface area contributed by atoms with Gasteiger partial charge in [-0.25, -0.2) is 9.78 Å². The van der Waals surface area contributed by atoms with Gasteiger partial charge < -0.3 is 10.6 Å². The van der Waals surface area contributed by atoms with Gasteiger partial charge in [-0.15, -0.1) is 0 Å². The Balaban J connectivity index is 1.47. The zero-order chi connectivity index (χ0) is 20.4. The van der Waals surface area contributed by atoms with E-state index in [4.69, 9.17) is 11.6 Å². The van der Waals surface area contributed by atoms with E-state index in [2.05, 4.69) is 20.9 Å². The van der Waals surface area contributed by atoms with Gasteiger partial charge in [-0.2, -0.15) is 0 Å². The molecule has 3 N–H and O–H groups in total. The minimum absolute atomic E-state index is 0.233. The Labute approximate surface area is 177 Å². The molecule has 4 rings (SSSR count). The van der Waals surface area contributed by atoms with Crippen LogP contribution in [0.4, 0.5) is 15.6 Å². The molecule has 0 spiro atoms. The highest BCUT2D eigenvalue weighted by Gasteiger charge is 2.18. The maximum atomic E-state index is 12.7. The third kappa shape index (κ3) is 4.52. The van der Waals surface area contributed by atoms with Gasteiger partial charge in [0.05, 0.1) is 20.9 Å². The van der Waals surface area contributed by atoms with Gasteiger partial charge in [0.15, 0.2) is 5.13 Å². The molecule has 0 bridgehead atoms. The minimum atomic E-state index is -0.245. The number of carbonyl (C=O) groups is 2. The second kappa shape index (κ2) is 8.39. The molecule has 3 amide bonds. The number of fused-ring (bicyclic) bond motifs is 1. The zero-order valence-electron chi connectivity index (χ0n) is 15.9. The molecular formula is C21H21ClN4O2S. The van der Waals surface area contributed by atoms with Crippen LogP contribution in [0.1, 0.15) is 41.6 Å². The molecule has 1 fully saturated rings. The van der Waals surface area contributed by atoms with Crippen molar-refractivity contribution in [2.75, 3.05) is 10.6 Å². The average Bonchev–Trinajstić information content (AvgIpc) is 3.33. The predicted octanol–water partition coefficient (Wildman–Crippen LogP) is 5.57. The largest absolute Gasteiger partial charge is 0.335 e. The topological polar surface area (TPSA) is 83.1 Å². The van der Waals surface area contributed by atoms with Crippen LogP contribution in [0.3, 0.4) is 0 Å². The lowest BCUT2D eigenvalue weighted by molar-refractivity contribution is 0.102. The number of nitrogens with zero attached hydrogens (tertiary/aromatic N) is 1. The first-order valence-electron chi connectivity index (χ1n) is 9.54. The fraction of sp³-hybridized carbons (Fsp3) is 0.286. The molecule has 1 aliphatic carbocycles. The molecule has 0 saturated heterocycles. The lowest BCUT2D eigenvalue weighted by Crippen LogP contribution is -2.36. The summed E-state index contributed by atoms with van der Waals surface area (Å²) in [7, 11) is 0. The van der Waals surface area contributed by atoms with Crippen LogP contribution in [-0.4, -0.2) is 23.0 Å². The van der Waals surface area contributed by atoms with E-state index in [1.54, 1.807) is 24.3 Å². The number of thiazole rings is 1. The molecule has 3 aromatic rings. The van der Waals surface area contributed by atoms with Gasteiger partial charge in [-0.05, 0) is 49.6 Å². The van der Waals surface area contributed by atoms with Crippen LogP contribution in [0.15, 0.2) is 36.4 Å². The number of carbonyl (C=O) groups excluding carboxylic acids is 2. The Morgan fingerprint density at radius 1 is 1.14 bits per heavy atom. The number of rotatable bonds is 4. The second-order valence-electron chi connectivity index (χ2n) is 7.17. The maximum absolute atomic E-state index is 12.7. The molecule has 150 valence electrons. The fourth-order valence-corrected chi connectivity index (χ4v) is 4.65. The van der Waals surface area contributed by atoms with E-state index in [1.165, 1.54) is 11.3 Å². The summed E-state index contributed by atoms with van der Waals surface area (Å²) in [5, 5.41) is 9.66. The molecule has 8 heteroatoms. The van der Waals surface area contributed by atoms with Crippen LogP contribution in [0.2, 0.25) is 5.02 Å². The van der Waals surface area contributed by atoms with E-state index < -0.39 is 0 Å². The number of nitrogens with one attached hydrogen (secondary N) is 3. The Kier molecular flexibility index (Phi) is 5.69. The summed E-state index contributed by atoms with van der Waals surface area (Å²) in [6.45, 7) is 1.89. The van der Waals surface area contributed by atoms with Crippen LogP contribution in [0, 0.1) is 6.92 Å². The summed E-state index contributed by atoms with van der Waals surface area (Å²) in [5.74, 6) is -0.245. The molecular weight excluding hydrogens is 408 g/mol.